The number of hydrogen-bond donors (Lipinski definition) is 4. The van der Waals surface area contributed by atoms with Gasteiger partial charge in [-0.15, -0.1) is 0 Å². The SMILES string of the molecule is CCNNC(C=N)=Nc1ncnc(-c2ccc(O[C@H]3CCN(C(=O)CO)CC3F)c(C#N)c2)n1. The first-order valence-corrected chi connectivity index (χ1v) is 10.5. The first-order valence-electron chi connectivity index (χ1n) is 10.5. The molecule has 2 atom stereocenters. The van der Waals surface area contributed by atoms with E-state index in [-0.39, 0.29) is 48.4 Å². The lowest BCUT2D eigenvalue weighted by Crippen LogP contribution is -2.50. The second kappa shape index (κ2) is 11.7. The van der Waals surface area contributed by atoms with Gasteiger partial charge in [-0.3, -0.25) is 4.79 Å². The van der Waals surface area contributed by atoms with E-state index in [1.807, 2.05) is 13.0 Å². The maximum absolute atomic E-state index is 14.6. The van der Waals surface area contributed by atoms with E-state index >= 15 is 0 Å². The second-order valence-corrected chi connectivity index (χ2v) is 7.19. The van der Waals surface area contributed by atoms with Crippen molar-refractivity contribution in [2.24, 2.45) is 4.99 Å². The molecule has 2 aromatic rings. The average Bonchev–Trinajstić information content (AvgIpc) is 2.87. The molecule has 4 N–H and O–H groups in total. The number of hydrogen-bond acceptors (Lipinski definition) is 10. The van der Waals surface area contributed by atoms with Crippen molar-refractivity contribution in [3.63, 3.8) is 0 Å². The summed E-state index contributed by atoms with van der Waals surface area (Å²) in [6.07, 6.45) is 0.210. The Balaban J connectivity index is 1.77. The molecule has 178 valence electrons. The van der Waals surface area contributed by atoms with Crippen LogP contribution in [0, 0.1) is 16.7 Å². The van der Waals surface area contributed by atoms with Crippen molar-refractivity contribution in [2.45, 2.75) is 25.6 Å². The third kappa shape index (κ3) is 6.06. The quantitative estimate of drug-likeness (QED) is 0.244. The summed E-state index contributed by atoms with van der Waals surface area (Å²) in [6, 6.07) is 6.72. The zero-order chi connectivity index (χ0) is 24.5. The number of ether oxygens (including phenoxy) is 1. The summed E-state index contributed by atoms with van der Waals surface area (Å²) < 4.78 is 20.3. The Bertz CT molecular complexity index is 1110. The fraction of sp³-hybridized carbons (Fsp3) is 0.381. The lowest BCUT2D eigenvalue weighted by Gasteiger charge is -2.34. The van der Waals surface area contributed by atoms with Crippen LogP contribution in [0.4, 0.5) is 10.3 Å². The van der Waals surface area contributed by atoms with Gasteiger partial charge in [-0.1, -0.05) is 6.92 Å². The number of aliphatic imine (C=N–C) groups is 1. The minimum absolute atomic E-state index is 0.0668. The van der Waals surface area contributed by atoms with Gasteiger partial charge in [-0.05, 0) is 18.2 Å². The van der Waals surface area contributed by atoms with Gasteiger partial charge in [0.05, 0.1) is 18.3 Å². The molecular formula is C21H24FN9O3. The van der Waals surface area contributed by atoms with E-state index in [2.05, 4.69) is 30.8 Å². The summed E-state index contributed by atoms with van der Waals surface area (Å²) in [7, 11) is 0. The Hall–Kier alpha value is -4.02. The Kier molecular flexibility index (Phi) is 8.49. The largest absolute Gasteiger partial charge is 0.486 e. The molecule has 0 saturated carbocycles. The number of likely N-dealkylation sites (tertiary alicyclic amines) is 1. The van der Waals surface area contributed by atoms with Crippen LogP contribution in [0.5, 0.6) is 5.75 Å². The number of nitriles is 1. The van der Waals surface area contributed by atoms with Crippen molar-refractivity contribution in [1.82, 2.24) is 30.7 Å². The van der Waals surface area contributed by atoms with E-state index in [1.165, 1.54) is 23.4 Å². The molecule has 1 fully saturated rings. The molecule has 0 spiro atoms. The van der Waals surface area contributed by atoms with Crippen molar-refractivity contribution in [2.75, 3.05) is 26.2 Å². The van der Waals surface area contributed by atoms with Crippen LogP contribution in [0.3, 0.4) is 0 Å². The number of amidine groups is 1. The van der Waals surface area contributed by atoms with Crippen LogP contribution in [0.15, 0.2) is 29.5 Å². The van der Waals surface area contributed by atoms with E-state index in [9.17, 15) is 14.4 Å². The van der Waals surface area contributed by atoms with Crippen LogP contribution >= 0.6 is 0 Å². The third-order valence-electron chi connectivity index (χ3n) is 4.92. The number of carbonyl (C=O) groups is 1. The molecule has 1 amide bonds. The van der Waals surface area contributed by atoms with Crippen LogP contribution in [-0.2, 0) is 4.79 Å². The number of nitrogens with zero attached hydrogens (tertiary/aromatic N) is 6. The smallest absolute Gasteiger partial charge is 0.254 e. The Morgan fingerprint density at radius 2 is 2.32 bits per heavy atom. The molecule has 13 heteroatoms. The highest BCUT2D eigenvalue weighted by Gasteiger charge is 2.33. The summed E-state index contributed by atoms with van der Waals surface area (Å²) in [5, 5.41) is 26.0. The van der Waals surface area contributed by atoms with Gasteiger partial charge >= 0.3 is 0 Å². The molecule has 1 unspecified atom stereocenters. The lowest BCUT2D eigenvalue weighted by atomic mass is 10.0. The van der Waals surface area contributed by atoms with Gasteiger partial charge in [-0.25, -0.2) is 14.8 Å². The maximum Gasteiger partial charge on any atom is 0.254 e. The molecule has 1 aliphatic rings. The minimum Gasteiger partial charge on any atom is -0.486 e. The highest BCUT2D eigenvalue weighted by molar-refractivity contribution is 6.28. The highest BCUT2D eigenvalue weighted by Crippen LogP contribution is 2.28. The number of aliphatic hydroxyl groups excluding tert-OH is 1. The van der Waals surface area contributed by atoms with Crippen LogP contribution in [-0.4, -0.2) is 81.4 Å². The molecule has 0 radical (unpaired) electrons. The van der Waals surface area contributed by atoms with E-state index < -0.39 is 24.8 Å². The first kappa shape index (κ1) is 24.6. The predicted molar refractivity (Wildman–Crippen MR) is 120 cm³/mol. The van der Waals surface area contributed by atoms with Crippen LogP contribution in [0.1, 0.15) is 18.9 Å². The molecule has 0 aliphatic carbocycles. The standard InChI is InChI=1S/C21H24FN9O3/c1-2-27-30-18(9-24)28-21-26-12-25-20(29-21)13-3-4-16(14(7-13)8-23)34-17-5-6-31(10-15(17)22)19(33)11-32/h3-4,7,9,12,15,17,24,27,32H,2,5-6,10-11H2,1H3,(H,25,26,28,29,30)/t15?,17-/m0/s1. The summed E-state index contributed by atoms with van der Waals surface area (Å²) in [4.78, 5) is 29.3. The molecule has 34 heavy (non-hydrogen) atoms. The number of piperidine rings is 1. The lowest BCUT2D eigenvalue weighted by molar-refractivity contribution is -0.138. The molecule has 2 heterocycles. The summed E-state index contributed by atoms with van der Waals surface area (Å²) in [6.45, 7) is 1.89. The predicted octanol–water partition coefficient (Wildman–Crippen LogP) is 0.514. The molecule has 1 saturated heterocycles. The molecule has 1 aromatic heterocycles. The zero-order valence-corrected chi connectivity index (χ0v) is 18.4. The number of hydrazine groups is 1. The van der Waals surface area contributed by atoms with Gasteiger partial charge in [-0.2, -0.15) is 20.2 Å². The van der Waals surface area contributed by atoms with Crippen molar-refractivity contribution in [3.8, 4) is 23.2 Å². The Morgan fingerprint density at radius 1 is 1.50 bits per heavy atom. The number of carbonyl (C=O) groups excluding carboxylic acids is 1. The average molecular weight is 469 g/mol. The van der Waals surface area contributed by atoms with Crippen molar-refractivity contribution in [3.05, 3.63) is 30.1 Å². The maximum atomic E-state index is 14.6. The fourth-order valence-electron chi connectivity index (χ4n) is 3.23. The van der Waals surface area contributed by atoms with E-state index in [0.29, 0.717) is 12.1 Å². The number of rotatable bonds is 8. The van der Waals surface area contributed by atoms with Gasteiger partial charge in [0.1, 0.15) is 30.9 Å². The van der Waals surface area contributed by atoms with E-state index in [0.717, 1.165) is 6.21 Å². The summed E-state index contributed by atoms with van der Waals surface area (Å²) >= 11 is 0. The van der Waals surface area contributed by atoms with Crippen LogP contribution < -0.4 is 15.6 Å². The molecule has 1 aromatic carbocycles. The molecular weight excluding hydrogens is 445 g/mol. The van der Waals surface area contributed by atoms with Gasteiger partial charge in [0.15, 0.2) is 17.8 Å². The highest BCUT2D eigenvalue weighted by atomic mass is 19.1. The fourth-order valence-corrected chi connectivity index (χ4v) is 3.23. The first-order chi connectivity index (χ1) is 16.5. The molecule has 0 bridgehead atoms. The second-order valence-electron chi connectivity index (χ2n) is 7.19. The van der Waals surface area contributed by atoms with E-state index in [1.54, 1.807) is 6.07 Å². The number of aromatic nitrogens is 3. The topological polar surface area (TPSA) is 172 Å². The van der Waals surface area contributed by atoms with Crippen molar-refractivity contribution >= 4 is 23.9 Å². The summed E-state index contributed by atoms with van der Waals surface area (Å²) in [5.74, 6) is 0.192. The van der Waals surface area contributed by atoms with Gasteiger partial charge in [0, 0.05) is 25.1 Å². The van der Waals surface area contributed by atoms with Gasteiger partial charge < -0.3 is 25.6 Å². The van der Waals surface area contributed by atoms with Crippen molar-refractivity contribution in [1.29, 1.82) is 10.7 Å². The molecule has 3 rings (SSSR count). The van der Waals surface area contributed by atoms with Crippen molar-refractivity contribution < 1.29 is 19.0 Å². The monoisotopic (exact) mass is 469 g/mol. The number of amides is 1. The molecule has 1 aliphatic heterocycles. The number of halogens is 1. The Labute approximate surface area is 195 Å². The van der Waals surface area contributed by atoms with Crippen LogP contribution in [0.2, 0.25) is 0 Å². The third-order valence-corrected chi connectivity index (χ3v) is 4.92. The number of alkyl halides is 1. The number of benzene rings is 1. The molecule has 12 nitrogen and oxygen atoms in total. The van der Waals surface area contributed by atoms with Gasteiger partial charge in [0.2, 0.25) is 5.91 Å². The van der Waals surface area contributed by atoms with Gasteiger partial charge in [0.25, 0.3) is 5.95 Å². The minimum atomic E-state index is -1.46. The zero-order valence-electron chi connectivity index (χ0n) is 18.4. The normalized spacial score (nSPS) is 18.2. The van der Waals surface area contributed by atoms with E-state index in [4.69, 9.17) is 15.3 Å². The number of nitrogens with one attached hydrogen (secondary N) is 3. The number of aliphatic hydroxyl groups is 1. The Morgan fingerprint density at radius 3 is 3.00 bits per heavy atom. The van der Waals surface area contributed by atoms with Crippen LogP contribution in [0.25, 0.3) is 11.4 Å². The summed E-state index contributed by atoms with van der Waals surface area (Å²) in [5.41, 5.74) is 6.23.